The van der Waals surface area contributed by atoms with Crippen molar-refractivity contribution < 1.29 is 23.5 Å². The number of phenolic OH excluding ortho intramolecular Hbond substituents is 1. The lowest BCUT2D eigenvalue weighted by molar-refractivity contribution is 0.0725. The average molecular weight is 535 g/mol. The summed E-state index contributed by atoms with van der Waals surface area (Å²) in [5, 5.41) is 11.3. The largest absolute Gasteiger partial charge is 0.508 e. The van der Waals surface area contributed by atoms with E-state index in [2.05, 4.69) is 0 Å². The normalized spacial score (nSPS) is 20.2. The minimum atomic E-state index is -3.46. The summed E-state index contributed by atoms with van der Waals surface area (Å²) in [5.74, 6) is 1.01. The standard InChI is InChI=1S/C27H29Cl2O5P/c1-17(2)23-12-19(7-8-26(23)30)13-24-18(3)11-22(15-25(24)29)32-16-35(31)33-10-9-27(34-35)20-5-4-6-21(28)14-20/h4-8,11-12,14-15,17,27,30H,9-10,13,16H2,1-3H3/t27-,35+/m0/s1. The number of phenols is 1. The predicted molar refractivity (Wildman–Crippen MR) is 140 cm³/mol. The first-order valence-electron chi connectivity index (χ1n) is 11.5. The quantitative estimate of drug-likeness (QED) is 0.308. The first-order chi connectivity index (χ1) is 16.6. The molecule has 0 spiro atoms. The third-order valence-electron chi connectivity index (χ3n) is 6.05. The molecule has 0 amide bonds. The van der Waals surface area contributed by atoms with Gasteiger partial charge >= 0.3 is 7.60 Å². The lowest BCUT2D eigenvalue weighted by Crippen LogP contribution is -2.17. The van der Waals surface area contributed by atoms with Gasteiger partial charge in [0.05, 0.1) is 12.7 Å². The molecule has 1 heterocycles. The van der Waals surface area contributed by atoms with E-state index in [4.69, 9.17) is 37.0 Å². The molecule has 1 fully saturated rings. The van der Waals surface area contributed by atoms with Crippen molar-refractivity contribution in [1.29, 1.82) is 0 Å². The number of benzene rings is 3. The second-order valence-corrected chi connectivity index (χ2v) is 11.9. The van der Waals surface area contributed by atoms with Gasteiger partial charge in [-0.2, -0.15) is 0 Å². The van der Waals surface area contributed by atoms with Crippen molar-refractivity contribution in [2.24, 2.45) is 0 Å². The van der Waals surface area contributed by atoms with Crippen LogP contribution in [0.2, 0.25) is 10.0 Å². The topological polar surface area (TPSA) is 65.0 Å². The van der Waals surface area contributed by atoms with Crippen molar-refractivity contribution >= 4 is 30.8 Å². The maximum Gasteiger partial charge on any atom is 0.368 e. The summed E-state index contributed by atoms with van der Waals surface area (Å²) in [4.78, 5) is 0. The summed E-state index contributed by atoms with van der Waals surface area (Å²) in [6.45, 7) is 6.36. The van der Waals surface area contributed by atoms with E-state index in [1.54, 1.807) is 18.2 Å². The van der Waals surface area contributed by atoms with Gasteiger partial charge in [-0.1, -0.05) is 61.3 Å². The maximum atomic E-state index is 13.2. The number of aryl methyl sites for hydroxylation is 1. The SMILES string of the molecule is Cc1cc(OC[P@@]2(=O)OCC[C@@H](c3cccc(Cl)c3)O2)cc(Cl)c1Cc1ccc(O)c(C(C)C)c1. The third-order valence-corrected chi connectivity index (χ3v) is 8.22. The van der Waals surface area contributed by atoms with E-state index in [0.717, 1.165) is 27.8 Å². The Morgan fingerprint density at radius 2 is 1.94 bits per heavy atom. The second kappa shape index (κ2) is 10.9. The van der Waals surface area contributed by atoms with Crippen molar-refractivity contribution in [3.05, 3.63) is 92.5 Å². The van der Waals surface area contributed by atoms with E-state index in [0.29, 0.717) is 41.0 Å². The van der Waals surface area contributed by atoms with Gasteiger partial charge in [0.25, 0.3) is 0 Å². The van der Waals surface area contributed by atoms with Crippen LogP contribution in [0.4, 0.5) is 0 Å². The van der Waals surface area contributed by atoms with Crippen LogP contribution in [0.3, 0.4) is 0 Å². The molecule has 1 aliphatic rings. The molecule has 1 saturated heterocycles. The Morgan fingerprint density at radius 3 is 2.66 bits per heavy atom. The molecule has 5 nitrogen and oxygen atoms in total. The summed E-state index contributed by atoms with van der Waals surface area (Å²) in [5.41, 5.74) is 4.75. The Kier molecular flexibility index (Phi) is 8.15. The molecule has 1 N–H and O–H groups in total. The highest BCUT2D eigenvalue weighted by Crippen LogP contribution is 2.56. The number of rotatable bonds is 7. The fraction of sp³-hybridized carbons (Fsp3) is 0.333. The maximum absolute atomic E-state index is 13.2. The van der Waals surface area contributed by atoms with E-state index < -0.39 is 7.60 Å². The molecule has 3 aromatic carbocycles. The molecule has 2 atom stereocenters. The van der Waals surface area contributed by atoms with Crippen LogP contribution in [0.1, 0.15) is 60.1 Å². The van der Waals surface area contributed by atoms with E-state index in [1.807, 2.05) is 57.2 Å². The van der Waals surface area contributed by atoms with Crippen LogP contribution in [-0.2, 0) is 20.0 Å². The van der Waals surface area contributed by atoms with E-state index in [-0.39, 0.29) is 18.4 Å². The summed E-state index contributed by atoms with van der Waals surface area (Å²) >= 11 is 12.7. The molecule has 186 valence electrons. The van der Waals surface area contributed by atoms with Gasteiger partial charge in [-0.25, -0.2) is 0 Å². The van der Waals surface area contributed by atoms with Gasteiger partial charge < -0.3 is 14.4 Å². The summed E-state index contributed by atoms with van der Waals surface area (Å²) in [6.07, 6.45) is 0.622. The van der Waals surface area contributed by atoms with Crippen LogP contribution in [0.5, 0.6) is 11.5 Å². The molecule has 0 aliphatic carbocycles. The lowest BCUT2D eigenvalue weighted by atomic mass is 9.95. The van der Waals surface area contributed by atoms with Crippen molar-refractivity contribution in [1.82, 2.24) is 0 Å². The molecular weight excluding hydrogens is 506 g/mol. The summed E-state index contributed by atoms with van der Waals surface area (Å²) in [6, 6.07) is 16.6. The van der Waals surface area contributed by atoms with Gasteiger partial charge in [-0.15, -0.1) is 0 Å². The Bertz CT molecular complexity index is 1240. The van der Waals surface area contributed by atoms with Gasteiger partial charge in [0.1, 0.15) is 11.5 Å². The molecule has 4 rings (SSSR count). The molecule has 35 heavy (non-hydrogen) atoms. The summed E-state index contributed by atoms with van der Waals surface area (Å²) in [7, 11) is -3.46. The van der Waals surface area contributed by atoms with Crippen molar-refractivity contribution in [2.75, 3.05) is 13.0 Å². The first-order valence-corrected chi connectivity index (χ1v) is 14.0. The first kappa shape index (κ1) is 26.1. The Balaban J connectivity index is 1.45. The Hall–Kier alpha value is -2.01. The van der Waals surface area contributed by atoms with Crippen LogP contribution in [0.25, 0.3) is 0 Å². The number of hydrogen-bond acceptors (Lipinski definition) is 5. The van der Waals surface area contributed by atoms with Crippen LogP contribution in [0.15, 0.2) is 54.6 Å². The zero-order chi connectivity index (χ0) is 25.2. The molecule has 3 aromatic rings. The highest BCUT2D eigenvalue weighted by Gasteiger charge is 2.35. The Morgan fingerprint density at radius 1 is 1.14 bits per heavy atom. The third kappa shape index (κ3) is 6.41. The van der Waals surface area contributed by atoms with Gasteiger partial charge in [0, 0.05) is 16.5 Å². The predicted octanol–water partition coefficient (Wildman–Crippen LogP) is 8.43. The van der Waals surface area contributed by atoms with Crippen molar-refractivity contribution in [2.45, 2.75) is 45.6 Å². The fourth-order valence-corrected chi connectivity index (χ4v) is 6.19. The number of hydrogen-bond donors (Lipinski definition) is 1. The minimum absolute atomic E-state index is 0.213. The molecule has 1 aliphatic heterocycles. The van der Waals surface area contributed by atoms with Crippen molar-refractivity contribution in [3.63, 3.8) is 0 Å². The van der Waals surface area contributed by atoms with Crippen molar-refractivity contribution in [3.8, 4) is 11.5 Å². The molecule has 8 heteroatoms. The monoisotopic (exact) mass is 534 g/mol. The molecule has 0 bridgehead atoms. The zero-order valence-electron chi connectivity index (χ0n) is 20.0. The smallest absolute Gasteiger partial charge is 0.368 e. The molecular formula is C27H29Cl2O5P. The number of aromatic hydroxyl groups is 1. The van der Waals surface area contributed by atoms with Gasteiger partial charge in [-0.3, -0.25) is 9.09 Å². The Labute approximate surface area is 216 Å². The lowest BCUT2D eigenvalue weighted by Gasteiger charge is -2.30. The van der Waals surface area contributed by atoms with Crippen LogP contribution < -0.4 is 4.74 Å². The van der Waals surface area contributed by atoms with Crippen LogP contribution in [0, 0.1) is 6.92 Å². The fourth-order valence-electron chi connectivity index (χ4n) is 4.16. The van der Waals surface area contributed by atoms with E-state index >= 15 is 0 Å². The van der Waals surface area contributed by atoms with E-state index in [1.165, 1.54) is 0 Å². The second-order valence-electron chi connectivity index (χ2n) is 9.08. The average Bonchev–Trinajstić information content (AvgIpc) is 2.81. The molecule has 0 saturated carbocycles. The van der Waals surface area contributed by atoms with Gasteiger partial charge in [-0.05, 0) is 77.4 Å². The highest BCUT2D eigenvalue weighted by atomic mass is 35.5. The van der Waals surface area contributed by atoms with Crippen LogP contribution in [-0.4, -0.2) is 18.1 Å². The molecule has 0 unspecified atom stereocenters. The number of halogens is 2. The zero-order valence-corrected chi connectivity index (χ0v) is 22.4. The summed E-state index contributed by atoms with van der Waals surface area (Å²) < 4.78 is 30.4. The van der Waals surface area contributed by atoms with Gasteiger partial charge in [0.2, 0.25) is 0 Å². The minimum Gasteiger partial charge on any atom is -0.508 e. The van der Waals surface area contributed by atoms with Crippen LogP contribution >= 0.6 is 30.8 Å². The number of ether oxygens (including phenoxy) is 1. The van der Waals surface area contributed by atoms with Gasteiger partial charge in [0.15, 0.2) is 6.35 Å². The van der Waals surface area contributed by atoms with E-state index in [9.17, 15) is 9.67 Å². The molecule has 0 radical (unpaired) electrons. The molecule has 0 aromatic heterocycles. The highest BCUT2D eigenvalue weighted by molar-refractivity contribution is 7.53.